The zero-order chi connectivity index (χ0) is 19.3. The highest BCUT2D eigenvalue weighted by atomic mass is 32.1. The number of nitrogens with zero attached hydrogens (tertiary/aromatic N) is 2. The Morgan fingerprint density at radius 2 is 2.12 bits per heavy atom. The minimum Gasteiger partial charge on any atom is -0.867 e. The van der Waals surface area contributed by atoms with Gasteiger partial charge in [-0.3, -0.25) is 10.1 Å². The molecule has 1 heterocycles. The maximum atomic E-state index is 13.1. The molecular formula is C19H19N3O3S. The molecule has 0 fully saturated rings. The van der Waals surface area contributed by atoms with Gasteiger partial charge in [-0.15, -0.1) is 6.58 Å². The topological polar surface area (TPSA) is 82.1 Å². The fourth-order valence-electron chi connectivity index (χ4n) is 2.40. The van der Waals surface area contributed by atoms with Gasteiger partial charge in [-0.05, 0) is 31.2 Å². The van der Waals surface area contributed by atoms with E-state index in [2.05, 4.69) is 11.9 Å². The first-order chi connectivity index (χ1) is 12.3. The van der Waals surface area contributed by atoms with Gasteiger partial charge >= 0.3 is 0 Å². The van der Waals surface area contributed by atoms with Crippen LogP contribution < -0.4 is 15.0 Å². The zero-order valence-electron chi connectivity index (χ0n) is 14.6. The van der Waals surface area contributed by atoms with Crippen LogP contribution in [-0.4, -0.2) is 16.5 Å². The summed E-state index contributed by atoms with van der Waals surface area (Å²) >= 11 is 5.38. The van der Waals surface area contributed by atoms with E-state index in [1.807, 2.05) is 13.0 Å². The van der Waals surface area contributed by atoms with E-state index in [9.17, 15) is 15.2 Å². The lowest BCUT2D eigenvalue weighted by Gasteiger charge is -2.17. The Kier molecular flexibility index (Phi) is 6.19. The van der Waals surface area contributed by atoms with Gasteiger partial charge in [-0.1, -0.05) is 30.4 Å². The Labute approximate surface area is 157 Å². The number of rotatable bonds is 6. The van der Waals surface area contributed by atoms with Crippen LogP contribution in [-0.2, 0) is 0 Å². The highest BCUT2D eigenvalue weighted by Crippen LogP contribution is 2.23. The van der Waals surface area contributed by atoms with Gasteiger partial charge in [-0.2, -0.15) is 4.57 Å². The SMILES string of the molecule is C=CCNC(=S)/C(=C(\[O-])c1ccc(C)c([N+](=O)[O-])c1)[n+]1cccc(C)c1. The van der Waals surface area contributed by atoms with Gasteiger partial charge in [-0.25, -0.2) is 0 Å². The van der Waals surface area contributed by atoms with Crippen molar-refractivity contribution in [1.29, 1.82) is 0 Å². The standard InChI is InChI=1S/C19H19N3O3S/c1-4-9-20-19(26)17(21-10-5-6-13(2)12-21)18(23)15-8-7-14(3)16(11-15)22(24)25/h4-8,10-12H,1,9H2,2-3H3,(H-,20,23,26). The number of aromatic nitrogens is 1. The molecule has 26 heavy (non-hydrogen) atoms. The number of aryl methyl sites for hydroxylation is 2. The van der Waals surface area contributed by atoms with Gasteiger partial charge in [0.05, 0.1) is 4.92 Å². The first-order valence-electron chi connectivity index (χ1n) is 7.89. The molecule has 0 unspecified atom stereocenters. The monoisotopic (exact) mass is 369 g/mol. The van der Waals surface area contributed by atoms with Crippen LogP contribution in [0.5, 0.6) is 0 Å². The van der Waals surface area contributed by atoms with Crippen molar-refractivity contribution in [3.8, 4) is 0 Å². The second-order valence-electron chi connectivity index (χ2n) is 5.72. The van der Waals surface area contributed by atoms with Gasteiger partial charge in [0.25, 0.3) is 5.69 Å². The number of benzene rings is 1. The molecule has 0 spiro atoms. The molecular weight excluding hydrogens is 350 g/mol. The molecule has 0 saturated carbocycles. The number of thiocarbonyl (C=S) groups is 1. The smallest absolute Gasteiger partial charge is 0.272 e. The fourth-order valence-corrected chi connectivity index (χ4v) is 2.68. The van der Waals surface area contributed by atoms with Crippen molar-refractivity contribution in [3.63, 3.8) is 0 Å². The number of hydrogen-bond donors (Lipinski definition) is 1. The van der Waals surface area contributed by atoms with E-state index in [4.69, 9.17) is 12.2 Å². The van der Waals surface area contributed by atoms with E-state index in [1.165, 1.54) is 6.07 Å². The molecule has 1 aromatic carbocycles. The van der Waals surface area contributed by atoms with Crippen LogP contribution in [0.2, 0.25) is 0 Å². The fraction of sp³-hybridized carbons (Fsp3) is 0.158. The van der Waals surface area contributed by atoms with Gasteiger partial charge in [0.2, 0.25) is 5.70 Å². The van der Waals surface area contributed by atoms with E-state index < -0.39 is 10.7 Å². The second kappa shape index (κ2) is 8.35. The third-order valence-electron chi connectivity index (χ3n) is 3.71. The molecule has 0 aliphatic carbocycles. The minimum absolute atomic E-state index is 0.102. The van der Waals surface area contributed by atoms with E-state index in [0.29, 0.717) is 12.1 Å². The molecule has 0 amide bonds. The Morgan fingerprint density at radius 3 is 2.73 bits per heavy atom. The van der Waals surface area contributed by atoms with Gasteiger partial charge in [0.15, 0.2) is 17.4 Å². The number of hydrogen-bond acceptors (Lipinski definition) is 4. The summed E-state index contributed by atoms with van der Waals surface area (Å²) in [4.78, 5) is 10.9. The lowest BCUT2D eigenvalue weighted by molar-refractivity contribution is -0.578. The molecule has 134 valence electrons. The Morgan fingerprint density at radius 1 is 1.38 bits per heavy atom. The van der Waals surface area contributed by atoms with Crippen LogP contribution in [0.3, 0.4) is 0 Å². The van der Waals surface area contributed by atoms with Crippen molar-refractivity contribution >= 4 is 34.3 Å². The highest BCUT2D eigenvalue weighted by molar-refractivity contribution is 7.81. The highest BCUT2D eigenvalue weighted by Gasteiger charge is 2.20. The molecule has 7 heteroatoms. The average molecular weight is 369 g/mol. The quantitative estimate of drug-likeness (QED) is 0.161. The van der Waals surface area contributed by atoms with Gasteiger partial charge in [0.1, 0.15) is 0 Å². The van der Waals surface area contributed by atoms with Crippen LogP contribution in [0, 0.1) is 24.0 Å². The minimum atomic E-state index is -0.500. The average Bonchev–Trinajstić information content (AvgIpc) is 2.60. The largest absolute Gasteiger partial charge is 0.867 e. The molecule has 0 atom stereocenters. The van der Waals surface area contributed by atoms with Crippen LogP contribution in [0.1, 0.15) is 16.7 Å². The zero-order valence-corrected chi connectivity index (χ0v) is 15.4. The van der Waals surface area contributed by atoms with E-state index in [0.717, 1.165) is 5.56 Å². The Balaban J connectivity index is 2.65. The van der Waals surface area contributed by atoms with Crippen molar-refractivity contribution in [1.82, 2.24) is 5.32 Å². The molecule has 2 aromatic rings. The summed E-state index contributed by atoms with van der Waals surface area (Å²) in [7, 11) is 0. The summed E-state index contributed by atoms with van der Waals surface area (Å²) in [6, 6.07) is 8.11. The molecule has 1 aromatic heterocycles. The molecule has 0 radical (unpaired) electrons. The van der Waals surface area contributed by atoms with Crippen molar-refractivity contribution < 1.29 is 14.6 Å². The van der Waals surface area contributed by atoms with Gasteiger partial charge < -0.3 is 10.4 Å². The number of nitrogens with one attached hydrogen (secondary N) is 1. The van der Waals surface area contributed by atoms with Crippen LogP contribution >= 0.6 is 12.2 Å². The predicted octanol–water partition coefficient (Wildman–Crippen LogP) is 2.29. The predicted molar refractivity (Wildman–Crippen MR) is 103 cm³/mol. The summed E-state index contributed by atoms with van der Waals surface area (Å²) in [5, 5.41) is 27.3. The van der Waals surface area contributed by atoms with Crippen molar-refractivity contribution in [3.05, 3.63) is 82.2 Å². The maximum Gasteiger partial charge on any atom is 0.272 e. The van der Waals surface area contributed by atoms with E-state index in [1.54, 1.807) is 48.2 Å². The molecule has 0 saturated heterocycles. The molecule has 0 aliphatic heterocycles. The summed E-state index contributed by atoms with van der Waals surface area (Å²) < 4.78 is 1.63. The number of pyridine rings is 1. The summed E-state index contributed by atoms with van der Waals surface area (Å²) in [5.74, 6) is -0.398. The van der Waals surface area contributed by atoms with E-state index >= 15 is 0 Å². The first kappa shape index (κ1) is 19.3. The first-order valence-corrected chi connectivity index (χ1v) is 8.30. The third kappa shape index (κ3) is 4.31. The van der Waals surface area contributed by atoms with Gasteiger partial charge in [0, 0.05) is 29.8 Å². The van der Waals surface area contributed by atoms with Crippen molar-refractivity contribution in [2.45, 2.75) is 13.8 Å². The van der Waals surface area contributed by atoms with Crippen molar-refractivity contribution in [2.75, 3.05) is 6.54 Å². The summed E-state index contributed by atoms with van der Waals surface area (Å²) in [6.45, 7) is 7.55. The maximum absolute atomic E-state index is 13.1. The Hall–Kier alpha value is -3.06. The van der Waals surface area contributed by atoms with Crippen LogP contribution in [0.25, 0.3) is 11.5 Å². The number of nitro groups is 1. The summed E-state index contributed by atoms with van der Waals surface area (Å²) in [6.07, 6.45) is 5.12. The molecule has 0 bridgehead atoms. The normalized spacial score (nSPS) is 11.5. The molecule has 2 rings (SSSR count). The lowest BCUT2D eigenvalue weighted by atomic mass is 10.1. The Bertz CT molecular complexity index is 907. The van der Waals surface area contributed by atoms with Crippen molar-refractivity contribution in [2.24, 2.45) is 0 Å². The molecule has 0 aliphatic rings. The second-order valence-corrected chi connectivity index (χ2v) is 6.13. The molecule has 6 nitrogen and oxygen atoms in total. The van der Waals surface area contributed by atoms with Crippen LogP contribution in [0.15, 0.2) is 55.4 Å². The lowest BCUT2D eigenvalue weighted by Crippen LogP contribution is -2.42. The van der Waals surface area contributed by atoms with Crippen LogP contribution in [0.4, 0.5) is 5.69 Å². The third-order valence-corrected chi connectivity index (χ3v) is 4.05. The van der Waals surface area contributed by atoms with E-state index in [-0.39, 0.29) is 21.9 Å². The number of nitro benzene ring substituents is 1. The summed E-state index contributed by atoms with van der Waals surface area (Å²) in [5.41, 5.74) is 1.76. The molecule has 1 N–H and O–H groups in total.